The molecule has 142 valence electrons. The molecule has 0 saturated carbocycles. The number of fused-ring (bicyclic) bond motifs is 1. The van der Waals surface area contributed by atoms with Gasteiger partial charge >= 0.3 is 0 Å². The summed E-state index contributed by atoms with van der Waals surface area (Å²) in [5, 5.41) is 4.39. The molecule has 1 unspecified atom stereocenters. The Labute approximate surface area is 156 Å². The van der Waals surface area contributed by atoms with Crippen molar-refractivity contribution in [1.82, 2.24) is 15.2 Å². The van der Waals surface area contributed by atoms with Gasteiger partial charge in [-0.05, 0) is 44.4 Å². The standard InChI is InChI=1S/C21H31N3O2/c1-5-19-16(4)18-11-14(2)10-17(21(18)23-19)13-22-20(25)12-15(3)24-6-8-26-9-7-24/h10-11,15,23H,5-9,12-13H2,1-4H3,(H,22,25). The Hall–Kier alpha value is -1.85. The van der Waals surface area contributed by atoms with Crippen molar-refractivity contribution in [2.24, 2.45) is 0 Å². The molecule has 0 radical (unpaired) electrons. The van der Waals surface area contributed by atoms with Crippen molar-refractivity contribution in [3.63, 3.8) is 0 Å². The second-order valence-corrected chi connectivity index (χ2v) is 7.41. The quantitative estimate of drug-likeness (QED) is 0.835. The van der Waals surface area contributed by atoms with Crippen molar-refractivity contribution in [3.8, 4) is 0 Å². The highest BCUT2D eigenvalue weighted by Gasteiger charge is 2.19. The van der Waals surface area contributed by atoms with Crippen LogP contribution in [0.2, 0.25) is 0 Å². The number of aromatic nitrogens is 1. The van der Waals surface area contributed by atoms with E-state index in [0.717, 1.165) is 43.8 Å². The Morgan fingerprint density at radius 1 is 1.31 bits per heavy atom. The zero-order valence-electron chi connectivity index (χ0n) is 16.4. The lowest BCUT2D eigenvalue weighted by Gasteiger charge is -2.31. The summed E-state index contributed by atoms with van der Waals surface area (Å²) in [4.78, 5) is 18.3. The first-order valence-electron chi connectivity index (χ1n) is 9.68. The number of hydrogen-bond donors (Lipinski definition) is 2. The monoisotopic (exact) mass is 357 g/mol. The summed E-state index contributed by atoms with van der Waals surface area (Å²) in [7, 11) is 0. The van der Waals surface area contributed by atoms with Crippen molar-refractivity contribution < 1.29 is 9.53 Å². The highest BCUT2D eigenvalue weighted by Crippen LogP contribution is 2.26. The Balaban J connectivity index is 1.66. The fraction of sp³-hybridized carbons (Fsp3) is 0.571. The number of nitrogens with one attached hydrogen (secondary N) is 2. The van der Waals surface area contributed by atoms with Crippen molar-refractivity contribution in [1.29, 1.82) is 0 Å². The van der Waals surface area contributed by atoms with Crippen LogP contribution in [-0.2, 0) is 22.5 Å². The third-order valence-electron chi connectivity index (χ3n) is 5.48. The smallest absolute Gasteiger partial charge is 0.221 e. The van der Waals surface area contributed by atoms with Gasteiger partial charge in [0, 0.05) is 43.2 Å². The van der Waals surface area contributed by atoms with Crippen LogP contribution in [0, 0.1) is 13.8 Å². The molecule has 3 rings (SSSR count). The van der Waals surface area contributed by atoms with E-state index in [-0.39, 0.29) is 11.9 Å². The number of benzene rings is 1. The lowest BCUT2D eigenvalue weighted by molar-refractivity contribution is -0.122. The van der Waals surface area contributed by atoms with Crippen molar-refractivity contribution in [3.05, 3.63) is 34.5 Å². The van der Waals surface area contributed by atoms with Gasteiger partial charge in [0.2, 0.25) is 5.91 Å². The number of nitrogens with zero attached hydrogens (tertiary/aromatic N) is 1. The predicted molar refractivity (Wildman–Crippen MR) is 105 cm³/mol. The Kier molecular flexibility index (Phi) is 5.99. The molecule has 1 atom stereocenters. The largest absolute Gasteiger partial charge is 0.379 e. The minimum absolute atomic E-state index is 0.109. The van der Waals surface area contributed by atoms with Crippen molar-refractivity contribution in [2.75, 3.05) is 26.3 Å². The maximum atomic E-state index is 12.4. The first-order valence-corrected chi connectivity index (χ1v) is 9.68. The normalized spacial score (nSPS) is 16.8. The Morgan fingerprint density at radius 2 is 2.04 bits per heavy atom. The van der Waals surface area contributed by atoms with Crippen molar-refractivity contribution >= 4 is 16.8 Å². The number of amides is 1. The number of morpholine rings is 1. The second kappa shape index (κ2) is 8.23. The molecule has 1 aliphatic rings. The van der Waals surface area contributed by atoms with Gasteiger partial charge in [0.25, 0.3) is 0 Å². The van der Waals surface area contributed by atoms with Gasteiger partial charge < -0.3 is 15.0 Å². The molecule has 1 saturated heterocycles. The zero-order chi connectivity index (χ0) is 18.7. The van der Waals surface area contributed by atoms with Crippen LogP contribution in [0.4, 0.5) is 0 Å². The van der Waals surface area contributed by atoms with Gasteiger partial charge in [-0.25, -0.2) is 0 Å². The van der Waals surface area contributed by atoms with Gasteiger partial charge in [-0.15, -0.1) is 0 Å². The fourth-order valence-electron chi connectivity index (χ4n) is 3.89. The van der Waals surface area contributed by atoms with Crippen LogP contribution in [0.25, 0.3) is 10.9 Å². The number of hydrogen-bond acceptors (Lipinski definition) is 3. The Morgan fingerprint density at radius 3 is 2.73 bits per heavy atom. The summed E-state index contributed by atoms with van der Waals surface area (Å²) in [6, 6.07) is 4.64. The first-order chi connectivity index (χ1) is 12.5. The molecule has 1 fully saturated rings. The molecular weight excluding hydrogens is 326 g/mol. The van der Waals surface area contributed by atoms with E-state index in [2.05, 4.69) is 55.0 Å². The van der Waals surface area contributed by atoms with Gasteiger partial charge in [0.1, 0.15) is 0 Å². The minimum Gasteiger partial charge on any atom is -0.379 e. The van der Waals surface area contributed by atoms with E-state index in [9.17, 15) is 4.79 Å². The van der Waals surface area contributed by atoms with Crippen LogP contribution in [0.3, 0.4) is 0 Å². The number of aryl methyl sites for hydroxylation is 3. The number of carbonyl (C=O) groups is 1. The van der Waals surface area contributed by atoms with Gasteiger partial charge in [-0.3, -0.25) is 9.69 Å². The van der Waals surface area contributed by atoms with Crippen LogP contribution < -0.4 is 5.32 Å². The van der Waals surface area contributed by atoms with Crippen LogP contribution in [0.15, 0.2) is 12.1 Å². The molecule has 2 N–H and O–H groups in total. The van der Waals surface area contributed by atoms with Crippen LogP contribution in [0.5, 0.6) is 0 Å². The van der Waals surface area contributed by atoms with Crippen molar-refractivity contribution in [2.45, 2.75) is 53.1 Å². The molecule has 2 heterocycles. The topological polar surface area (TPSA) is 57.4 Å². The number of carbonyl (C=O) groups excluding carboxylic acids is 1. The lowest BCUT2D eigenvalue weighted by atomic mass is 10.0. The van der Waals surface area contributed by atoms with E-state index in [1.807, 2.05) is 0 Å². The molecule has 0 bridgehead atoms. The third kappa shape index (κ3) is 4.10. The number of aromatic amines is 1. The molecule has 1 aromatic heterocycles. The highest BCUT2D eigenvalue weighted by atomic mass is 16.5. The van der Waals surface area contributed by atoms with Gasteiger partial charge in [0.05, 0.1) is 18.7 Å². The molecule has 5 heteroatoms. The first kappa shape index (κ1) is 18.9. The molecule has 0 spiro atoms. The van der Waals surface area contributed by atoms with E-state index in [0.29, 0.717) is 13.0 Å². The molecule has 26 heavy (non-hydrogen) atoms. The van der Waals surface area contributed by atoms with E-state index in [1.54, 1.807) is 0 Å². The minimum atomic E-state index is 0.109. The molecule has 0 aliphatic carbocycles. The van der Waals surface area contributed by atoms with Gasteiger partial charge in [0.15, 0.2) is 0 Å². The van der Waals surface area contributed by atoms with Crippen LogP contribution in [0.1, 0.15) is 42.7 Å². The molecule has 2 aromatic rings. The van der Waals surface area contributed by atoms with E-state index in [4.69, 9.17) is 4.74 Å². The second-order valence-electron chi connectivity index (χ2n) is 7.41. The molecule has 1 aromatic carbocycles. The van der Waals surface area contributed by atoms with Crippen LogP contribution in [-0.4, -0.2) is 48.1 Å². The third-order valence-corrected chi connectivity index (χ3v) is 5.48. The summed E-state index contributed by atoms with van der Waals surface area (Å²) in [5.74, 6) is 0.109. The molecular formula is C21H31N3O2. The zero-order valence-corrected chi connectivity index (χ0v) is 16.4. The van der Waals surface area contributed by atoms with E-state index in [1.165, 1.54) is 22.2 Å². The molecule has 5 nitrogen and oxygen atoms in total. The summed E-state index contributed by atoms with van der Waals surface area (Å²) in [6.07, 6.45) is 1.52. The fourth-order valence-corrected chi connectivity index (χ4v) is 3.89. The maximum absolute atomic E-state index is 12.4. The summed E-state index contributed by atoms with van der Waals surface area (Å²) < 4.78 is 5.39. The average Bonchev–Trinajstić information content (AvgIpc) is 2.96. The Bertz CT molecular complexity index is 775. The summed E-state index contributed by atoms with van der Waals surface area (Å²) >= 11 is 0. The summed E-state index contributed by atoms with van der Waals surface area (Å²) in [6.45, 7) is 12.5. The summed E-state index contributed by atoms with van der Waals surface area (Å²) in [5.41, 5.74) is 6.15. The van der Waals surface area contributed by atoms with E-state index < -0.39 is 0 Å². The average molecular weight is 357 g/mol. The van der Waals surface area contributed by atoms with Crippen LogP contribution >= 0.6 is 0 Å². The number of rotatable bonds is 6. The maximum Gasteiger partial charge on any atom is 0.221 e. The SMILES string of the molecule is CCc1[nH]c2c(CNC(=O)CC(C)N3CCOCC3)cc(C)cc2c1C. The van der Waals surface area contributed by atoms with Gasteiger partial charge in [-0.2, -0.15) is 0 Å². The predicted octanol–water partition coefficient (Wildman–Crippen LogP) is 3.07. The molecule has 1 aliphatic heterocycles. The van der Waals surface area contributed by atoms with Gasteiger partial charge in [-0.1, -0.05) is 18.6 Å². The van der Waals surface area contributed by atoms with E-state index >= 15 is 0 Å². The number of H-pyrrole nitrogens is 1. The lowest BCUT2D eigenvalue weighted by Crippen LogP contribution is -2.44. The highest BCUT2D eigenvalue weighted by molar-refractivity contribution is 5.88. The molecule has 1 amide bonds. The number of ether oxygens (including phenoxy) is 1.